The van der Waals surface area contributed by atoms with E-state index in [4.69, 9.17) is 14.8 Å². The van der Waals surface area contributed by atoms with Crippen LogP contribution in [-0.4, -0.2) is 33.8 Å². The van der Waals surface area contributed by atoms with Gasteiger partial charge in [0.2, 0.25) is 0 Å². The number of para-hydroxylation sites is 1. The Labute approximate surface area is 128 Å². The van der Waals surface area contributed by atoms with Crippen molar-refractivity contribution >= 4 is 23.6 Å². The number of ether oxygens (including phenoxy) is 1. The minimum Gasteiger partial charge on any atom is -0.494 e. The molecule has 0 aliphatic carbocycles. The summed E-state index contributed by atoms with van der Waals surface area (Å²) in [6.07, 6.45) is 0. The highest BCUT2D eigenvalue weighted by atomic mass is 16.5. The molecule has 6 heteroatoms. The zero-order chi connectivity index (χ0) is 15.7. The topological polar surface area (TPSA) is 67.5 Å². The number of fused-ring (bicyclic) bond motifs is 1. The molecule has 3 rings (SSSR count). The van der Waals surface area contributed by atoms with E-state index in [9.17, 15) is 0 Å². The second-order valence-corrected chi connectivity index (χ2v) is 5.19. The van der Waals surface area contributed by atoms with E-state index in [1.807, 2.05) is 37.3 Å². The first-order valence-corrected chi connectivity index (χ1v) is 7.05. The van der Waals surface area contributed by atoms with Gasteiger partial charge >= 0.3 is 7.12 Å². The molecule has 0 fully saturated rings. The summed E-state index contributed by atoms with van der Waals surface area (Å²) in [5, 5.41) is 18.3. The smallest absolute Gasteiger partial charge is 0.488 e. The Kier molecular flexibility index (Phi) is 3.87. The van der Waals surface area contributed by atoms with Crippen LogP contribution in [0, 0.1) is 6.92 Å². The van der Waals surface area contributed by atoms with Crippen LogP contribution in [0.4, 0.5) is 0 Å². The van der Waals surface area contributed by atoms with Crippen molar-refractivity contribution in [3.63, 3.8) is 0 Å². The molecule has 2 aromatic carbocycles. The number of imidazole rings is 1. The van der Waals surface area contributed by atoms with Crippen LogP contribution < -0.4 is 10.2 Å². The molecule has 22 heavy (non-hydrogen) atoms. The van der Waals surface area contributed by atoms with Crippen LogP contribution in [0.25, 0.3) is 11.0 Å². The highest BCUT2D eigenvalue weighted by Crippen LogP contribution is 2.27. The minimum atomic E-state index is -1.44. The molecule has 1 aromatic heterocycles. The second kappa shape index (κ2) is 5.83. The van der Waals surface area contributed by atoms with E-state index in [-0.39, 0.29) is 0 Å². The molecular formula is C16H17BN2O3. The van der Waals surface area contributed by atoms with E-state index in [1.54, 1.807) is 19.2 Å². The molecule has 0 saturated carbocycles. The lowest BCUT2D eigenvalue weighted by Gasteiger charge is -2.10. The van der Waals surface area contributed by atoms with Gasteiger partial charge in [0, 0.05) is 6.54 Å². The van der Waals surface area contributed by atoms with E-state index in [2.05, 4.69) is 9.55 Å². The highest BCUT2D eigenvalue weighted by Gasteiger charge is 2.13. The molecular weight excluding hydrogens is 279 g/mol. The Morgan fingerprint density at radius 1 is 1.14 bits per heavy atom. The summed E-state index contributed by atoms with van der Waals surface area (Å²) >= 11 is 0. The largest absolute Gasteiger partial charge is 0.494 e. The summed E-state index contributed by atoms with van der Waals surface area (Å²) in [7, 11) is 0.212. The maximum atomic E-state index is 9.15. The third kappa shape index (κ3) is 2.58. The van der Waals surface area contributed by atoms with Crippen molar-refractivity contribution in [2.45, 2.75) is 13.5 Å². The lowest BCUT2D eigenvalue weighted by atomic mass is 9.80. The van der Waals surface area contributed by atoms with E-state index >= 15 is 0 Å². The number of benzene rings is 2. The fourth-order valence-electron chi connectivity index (χ4n) is 2.60. The summed E-state index contributed by atoms with van der Waals surface area (Å²) < 4.78 is 7.54. The molecule has 2 N–H and O–H groups in total. The van der Waals surface area contributed by atoms with Crippen molar-refractivity contribution in [2.24, 2.45) is 0 Å². The minimum absolute atomic E-state index is 0.480. The van der Waals surface area contributed by atoms with Crippen molar-refractivity contribution in [3.8, 4) is 5.75 Å². The SMILES string of the molecule is COc1cccc2nc(C)n(Cc3ccc(B(O)O)cc3)c12. The van der Waals surface area contributed by atoms with Crippen LogP contribution >= 0.6 is 0 Å². The van der Waals surface area contributed by atoms with Gasteiger partial charge in [-0.2, -0.15) is 0 Å². The maximum Gasteiger partial charge on any atom is 0.488 e. The molecule has 0 saturated heterocycles. The van der Waals surface area contributed by atoms with Gasteiger partial charge < -0.3 is 19.4 Å². The standard InChI is InChI=1S/C16H17BN2O3/c1-11-18-14-4-3-5-15(22-2)16(14)19(11)10-12-6-8-13(9-7-12)17(20)21/h3-9,20-21H,10H2,1-2H3. The number of nitrogens with zero attached hydrogens (tertiary/aromatic N) is 2. The molecule has 0 aliphatic heterocycles. The lowest BCUT2D eigenvalue weighted by Crippen LogP contribution is -2.29. The van der Waals surface area contributed by atoms with Gasteiger partial charge in [-0.3, -0.25) is 0 Å². The Morgan fingerprint density at radius 2 is 1.86 bits per heavy atom. The Morgan fingerprint density at radius 3 is 2.50 bits per heavy atom. The molecule has 0 radical (unpaired) electrons. The van der Waals surface area contributed by atoms with Crippen molar-refractivity contribution in [3.05, 3.63) is 53.9 Å². The quantitative estimate of drug-likeness (QED) is 0.707. The van der Waals surface area contributed by atoms with Crippen LogP contribution in [0.3, 0.4) is 0 Å². The van der Waals surface area contributed by atoms with Crippen molar-refractivity contribution < 1.29 is 14.8 Å². The molecule has 112 valence electrons. The molecule has 0 unspecified atom stereocenters. The maximum absolute atomic E-state index is 9.15. The fourth-order valence-corrected chi connectivity index (χ4v) is 2.60. The predicted molar refractivity (Wildman–Crippen MR) is 86.4 cm³/mol. The van der Waals surface area contributed by atoms with Gasteiger partial charge in [-0.1, -0.05) is 30.3 Å². The van der Waals surface area contributed by atoms with E-state index in [0.717, 1.165) is 28.2 Å². The van der Waals surface area contributed by atoms with Gasteiger partial charge in [0.25, 0.3) is 0 Å². The number of aryl methyl sites for hydroxylation is 1. The van der Waals surface area contributed by atoms with E-state index < -0.39 is 7.12 Å². The van der Waals surface area contributed by atoms with Crippen LogP contribution in [0.2, 0.25) is 0 Å². The van der Waals surface area contributed by atoms with Gasteiger partial charge in [0.05, 0.1) is 12.6 Å². The van der Waals surface area contributed by atoms with Gasteiger partial charge in [0.1, 0.15) is 17.1 Å². The predicted octanol–water partition coefficient (Wildman–Crippen LogP) is 1.08. The summed E-state index contributed by atoms with van der Waals surface area (Å²) in [6.45, 7) is 2.61. The molecule has 0 atom stereocenters. The van der Waals surface area contributed by atoms with Gasteiger partial charge in [-0.05, 0) is 30.1 Å². The van der Waals surface area contributed by atoms with Crippen LogP contribution in [0.15, 0.2) is 42.5 Å². The molecule has 0 spiro atoms. The third-order valence-electron chi connectivity index (χ3n) is 3.76. The zero-order valence-electron chi connectivity index (χ0n) is 12.5. The molecule has 0 aliphatic rings. The number of aromatic nitrogens is 2. The fraction of sp³-hybridized carbons (Fsp3) is 0.188. The van der Waals surface area contributed by atoms with E-state index in [1.165, 1.54) is 0 Å². The summed E-state index contributed by atoms with van der Waals surface area (Å²) in [5.41, 5.74) is 3.40. The number of hydrogen-bond acceptors (Lipinski definition) is 4. The van der Waals surface area contributed by atoms with Crippen molar-refractivity contribution in [1.29, 1.82) is 0 Å². The van der Waals surface area contributed by atoms with Gasteiger partial charge in [-0.15, -0.1) is 0 Å². The average Bonchev–Trinajstić information content (AvgIpc) is 2.83. The van der Waals surface area contributed by atoms with Crippen molar-refractivity contribution in [2.75, 3.05) is 7.11 Å². The normalized spacial score (nSPS) is 10.9. The van der Waals surface area contributed by atoms with Crippen LogP contribution in [0.1, 0.15) is 11.4 Å². The summed E-state index contributed by atoms with van der Waals surface area (Å²) in [6, 6.07) is 13.0. The molecule has 0 bridgehead atoms. The summed E-state index contributed by atoms with van der Waals surface area (Å²) in [5.74, 6) is 1.70. The molecule has 1 heterocycles. The molecule has 0 amide bonds. The Bertz CT molecular complexity index is 797. The van der Waals surface area contributed by atoms with Crippen LogP contribution in [-0.2, 0) is 6.54 Å². The summed E-state index contributed by atoms with van der Waals surface area (Å²) in [4.78, 5) is 4.57. The Hall–Kier alpha value is -2.31. The van der Waals surface area contributed by atoms with Crippen molar-refractivity contribution in [1.82, 2.24) is 9.55 Å². The molecule has 3 aromatic rings. The van der Waals surface area contributed by atoms with Crippen LogP contribution in [0.5, 0.6) is 5.75 Å². The first-order chi connectivity index (χ1) is 10.6. The third-order valence-corrected chi connectivity index (χ3v) is 3.76. The number of rotatable bonds is 4. The molecule has 5 nitrogen and oxygen atoms in total. The number of methoxy groups -OCH3 is 1. The highest BCUT2D eigenvalue weighted by molar-refractivity contribution is 6.58. The van der Waals surface area contributed by atoms with Gasteiger partial charge in [0.15, 0.2) is 0 Å². The zero-order valence-corrected chi connectivity index (χ0v) is 12.5. The average molecular weight is 296 g/mol. The van der Waals surface area contributed by atoms with Gasteiger partial charge in [-0.25, -0.2) is 4.98 Å². The Balaban J connectivity index is 2.01. The first-order valence-electron chi connectivity index (χ1n) is 7.05. The van der Waals surface area contributed by atoms with E-state index in [0.29, 0.717) is 12.0 Å². The number of hydrogen-bond donors (Lipinski definition) is 2. The first kappa shape index (κ1) is 14.6. The second-order valence-electron chi connectivity index (χ2n) is 5.19. The monoisotopic (exact) mass is 296 g/mol. The lowest BCUT2D eigenvalue weighted by molar-refractivity contribution is 0.417.